The van der Waals surface area contributed by atoms with Gasteiger partial charge in [-0.05, 0) is 37.3 Å². The molecule has 3 aromatic rings. The van der Waals surface area contributed by atoms with Gasteiger partial charge in [-0.25, -0.2) is 0 Å². The molecule has 0 spiro atoms. The van der Waals surface area contributed by atoms with Crippen LogP contribution in [0, 0.1) is 6.92 Å². The van der Waals surface area contributed by atoms with E-state index in [2.05, 4.69) is 15.2 Å². The molecule has 5 nitrogen and oxygen atoms in total. The van der Waals surface area contributed by atoms with Gasteiger partial charge < -0.3 is 4.52 Å². The van der Waals surface area contributed by atoms with E-state index in [9.17, 15) is 0 Å². The smallest absolute Gasteiger partial charge is 0.250 e. The van der Waals surface area contributed by atoms with Crippen molar-refractivity contribution in [1.29, 1.82) is 0 Å². The highest BCUT2D eigenvalue weighted by Crippen LogP contribution is 2.22. The van der Waals surface area contributed by atoms with Gasteiger partial charge in [-0.1, -0.05) is 28.4 Å². The lowest BCUT2D eigenvalue weighted by Crippen LogP contribution is -1.88. The zero-order valence-corrected chi connectivity index (χ0v) is 13.4. The van der Waals surface area contributed by atoms with Gasteiger partial charge in [-0.3, -0.25) is 4.68 Å². The summed E-state index contributed by atoms with van der Waals surface area (Å²) in [6.45, 7) is 1.89. The van der Waals surface area contributed by atoms with E-state index < -0.39 is 0 Å². The number of hydrogen-bond donors (Lipinski definition) is 0. The SMILES string of the molecule is Cc1nn(C)c(Cl)c1/C=C\c1nc(-c2ccc(Cl)cc2)no1. The molecule has 0 radical (unpaired) electrons. The summed E-state index contributed by atoms with van der Waals surface area (Å²) >= 11 is 12.0. The van der Waals surface area contributed by atoms with Crippen LogP contribution in [0.1, 0.15) is 17.1 Å². The number of aryl methyl sites for hydroxylation is 2. The normalized spacial score (nSPS) is 11.5. The van der Waals surface area contributed by atoms with Crippen LogP contribution in [-0.4, -0.2) is 19.9 Å². The Morgan fingerprint density at radius 2 is 1.86 bits per heavy atom. The second-order valence-corrected chi connectivity index (χ2v) is 5.50. The summed E-state index contributed by atoms with van der Waals surface area (Å²) < 4.78 is 6.82. The van der Waals surface area contributed by atoms with Crippen molar-refractivity contribution in [3.63, 3.8) is 0 Å². The Hall–Kier alpha value is -2.11. The first-order valence-electron chi connectivity index (χ1n) is 6.51. The molecule has 0 N–H and O–H groups in total. The minimum Gasteiger partial charge on any atom is -0.334 e. The summed E-state index contributed by atoms with van der Waals surface area (Å²) in [6, 6.07) is 7.23. The monoisotopic (exact) mass is 334 g/mol. The molecule has 7 heteroatoms. The van der Waals surface area contributed by atoms with Gasteiger partial charge in [-0.15, -0.1) is 0 Å². The van der Waals surface area contributed by atoms with E-state index in [0.29, 0.717) is 21.9 Å². The highest BCUT2D eigenvalue weighted by Gasteiger charge is 2.10. The van der Waals surface area contributed by atoms with Crippen LogP contribution in [0.25, 0.3) is 23.5 Å². The van der Waals surface area contributed by atoms with Crippen molar-refractivity contribution in [2.24, 2.45) is 7.05 Å². The molecule has 0 bridgehead atoms. The van der Waals surface area contributed by atoms with Crippen LogP contribution in [0.4, 0.5) is 0 Å². The Balaban J connectivity index is 1.85. The number of aromatic nitrogens is 4. The van der Waals surface area contributed by atoms with Crippen molar-refractivity contribution in [2.75, 3.05) is 0 Å². The van der Waals surface area contributed by atoms with E-state index in [0.717, 1.165) is 16.8 Å². The highest BCUT2D eigenvalue weighted by atomic mass is 35.5. The maximum atomic E-state index is 6.17. The third-order valence-corrected chi connectivity index (χ3v) is 3.83. The lowest BCUT2D eigenvalue weighted by molar-refractivity contribution is 0.411. The van der Waals surface area contributed by atoms with Crippen molar-refractivity contribution in [1.82, 2.24) is 19.9 Å². The Bertz CT molecular complexity index is 834. The molecule has 0 fully saturated rings. The third kappa shape index (κ3) is 2.91. The van der Waals surface area contributed by atoms with Gasteiger partial charge in [-0.2, -0.15) is 10.1 Å². The Morgan fingerprint density at radius 3 is 2.50 bits per heavy atom. The van der Waals surface area contributed by atoms with Gasteiger partial charge >= 0.3 is 0 Å². The van der Waals surface area contributed by atoms with E-state index >= 15 is 0 Å². The number of halogens is 2. The molecular formula is C15H12Cl2N4O. The van der Waals surface area contributed by atoms with Gasteiger partial charge in [0.05, 0.1) is 5.69 Å². The molecule has 0 aliphatic carbocycles. The van der Waals surface area contributed by atoms with Gasteiger partial charge in [0.15, 0.2) is 0 Å². The largest absolute Gasteiger partial charge is 0.334 e. The lowest BCUT2D eigenvalue weighted by atomic mass is 10.2. The minimum absolute atomic E-state index is 0.393. The highest BCUT2D eigenvalue weighted by molar-refractivity contribution is 6.31. The van der Waals surface area contributed by atoms with Crippen molar-refractivity contribution >= 4 is 35.4 Å². The first-order valence-corrected chi connectivity index (χ1v) is 7.27. The van der Waals surface area contributed by atoms with E-state index in [1.807, 2.05) is 25.1 Å². The molecule has 0 unspecified atom stereocenters. The molecule has 0 aliphatic rings. The molecule has 0 saturated carbocycles. The molecule has 2 heterocycles. The van der Waals surface area contributed by atoms with Gasteiger partial charge in [0.1, 0.15) is 5.15 Å². The van der Waals surface area contributed by atoms with E-state index in [4.69, 9.17) is 27.7 Å². The van der Waals surface area contributed by atoms with Crippen molar-refractivity contribution in [3.8, 4) is 11.4 Å². The standard InChI is InChI=1S/C15H12Cl2N4O/c1-9-12(14(17)21(2)19-9)7-8-13-18-15(20-22-13)10-3-5-11(16)6-4-10/h3-8H,1-2H3/b8-7-. The van der Waals surface area contributed by atoms with E-state index in [-0.39, 0.29) is 0 Å². The summed E-state index contributed by atoms with van der Waals surface area (Å²) in [6.07, 6.45) is 3.52. The van der Waals surface area contributed by atoms with Crippen LogP contribution in [0.5, 0.6) is 0 Å². The number of rotatable bonds is 3. The first kappa shape index (κ1) is 14.8. The summed E-state index contributed by atoms with van der Waals surface area (Å²) in [7, 11) is 1.79. The number of hydrogen-bond acceptors (Lipinski definition) is 4. The fourth-order valence-electron chi connectivity index (χ4n) is 2.01. The molecule has 22 heavy (non-hydrogen) atoms. The minimum atomic E-state index is 0.393. The summed E-state index contributed by atoms with van der Waals surface area (Å²) in [5.74, 6) is 0.898. The molecule has 0 saturated heterocycles. The Labute approximate surface area is 137 Å². The van der Waals surface area contributed by atoms with Crippen LogP contribution in [-0.2, 0) is 7.05 Å². The molecule has 1 aromatic carbocycles. The Kier molecular flexibility index (Phi) is 4.00. The predicted molar refractivity (Wildman–Crippen MR) is 86.6 cm³/mol. The van der Waals surface area contributed by atoms with Gasteiger partial charge in [0, 0.05) is 29.3 Å². The zero-order chi connectivity index (χ0) is 15.7. The number of nitrogens with zero attached hydrogens (tertiary/aromatic N) is 4. The van der Waals surface area contributed by atoms with Crippen molar-refractivity contribution in [2.45, 2.75) is 6.92 Å². The molecule has 2 aromatic heterocycles. The molecule has 0 atom stereocenters. The van der Waals surface area contributed by atoms with E-state index in [1.165, 1.54) is 0 Å². The fourth-order valence-corrected chi connectivity index (χ4v) is 2.37. The summed E-state index contributed by atoms with van der Waals surface area (Å²) in [4.78, 5) is 4.31. The maximum Gasteiger partial charge on any atom is 0.250 e. The average molecular weight is 335 g/mol. The van der Waals surface area contributed by atoms with Crippen LogP contribution in [0.3, 0.4) is 0 Å². The van der Waals surface area contributed by atoms with Crippen LogP contribution >= 0.6 is 23.2 Å². The third-order valence-electron chi connectivity index (χ3n) is 3.13. The number of benzene rings is 1. The van der Waals surface area contributed by atoms with Crippen LogP contribution in [0.2, 0.25) is 10.2 Å². The zero-order valence-electron chi connectivity index (χ0n) is 11.9. The summed E-state index contributed by atoms with van der Waals surface area (Å²) in [5.41, 5.74) is 2.50. The van der Waals surface area contributed by atoms with Crippen molar-refractivity contribution < 1.29 is 4.52 Å². The molecule has 3 rings (SSSR count). The molecule has 0 aliphatic heterocycles. The average Bonchev–Trinajstić information content (AvgIpc) is 3.05. The lowest BCUT2D eigenvalue weighted by Gasteiger charge is -1.93. The van der Waals surface area contributed by atoms with Crippen LogP contribution in [0.15, 0.2) is 28.8 Å². The van der Waals surface area contributed by atoms with Gasteiger partial charge in [0.25, 0.3) is 5.89 Å². The van der Waals surface area contributed by atoms with Crippen molar-refractivity contribution in [3.05, 3.63) is 51.6 Å². The topological polar surface area (TPSA) is 56.7 Å². The quantitative estimate of drug-likeness (QED) is 0.718. The summed E-state index contributed by atoms with van der Waals surface area (Å²) in [5, 5.41) is 9.40. The second kappa shape index (κ2) is 5.94. The predicted octanol–water partition coefficient (Wildman–Crippen LogP) is 4.26. The van der Waals surface area contributed by atoms with E-state index in [1.54, 1.807) is 29.9 Å². The maximum absolute atomic E-state index is 6.17. The molecule has 112 valence electrons. The molecular weight excluding hydrogens is 323 g/mol. The molecule has 0 amide bonds. The van der Waals surface area contributed by atoms with Gasteiger partial charge in [0.2, 0.25) is 5.82 Å². The first-order chi connectivity index (χ1) is 10.5. The second-order valence-electron chi connectivity index (χ2n) is 4.71. The van der Waals surface area contributed by atoms with Crippen LogP contribution < -0.4 is 0 Å². The fraction of sp³-hybridized carbons (Fsp3) is 0.133. The Morgan fingerprint density at radius 1 is 1.14 bits per heavy atom.